The van der Waals surface area contributed by atoms with Crippen LogP contribution in [0.25, 0.3) is 0 Å². The zero-order chi connectivity index (χ0) is 10.7. The van der Waals surface area contributed by atoms with Gasteiger partial charge >= 0.3 is 0 Å². The van der Waals surface area contributed by atoms with Crippen molar-refractivity contribution >= 4 is 24.0 Å². The number of aromatic hydroxyl groups is 1. The Hall–Kier alpha value is -0.640. The van der Waals surface area contributed by atoms with E-state index in [2.05, 4.69) is 0 Å². The van der Waals surface area contributed by atoms with Gasteiger partial charge in [0.2, 0.25) is 0 Å². The number of methoxy groups -OCH3 is 1. The van der Waals surface area contributed by atoms with Crippen molar-refractivity contribution in [3.8, 4) is 11.5 Å². The average Bonchev–Trinajstić information content (AvgIpc) is 2.20. The predicted molar refractivity (Wildman–Crippen MR) is 64.1 cm³/mol. The monoisotopic (exact) mass is 251 g/mol. The molecule has 0 aliphatic carbocycles. The second-order valence-electron chi connectivity index (χ2n) is 3.03. The highest BCUT2D eigenvalue weighted by atomic mass is 35.5. The first kappa shape index (κ1) is 14.4. The van der Waals surface area contributed by atoms with E-state index in [0.717, 1.165) is 0 Å². The molecule has 3 nitrogen and oxygen atoms in total. The minimum atomic E-state index is -0.261. The number of hydrogen-bond donors (Lipinski definition) is 2. The Morgan fingerprint density at radius 2 is 2.13 bits per heavy atom. The van der Waals surface area contributed by atoms with Crippen LogP contribution in [0.3, 0.4) is 0 Å². The first-order valence-corrected chi connectivity index (χ1v) is 4.80. The fourth-order valence-electron chi connectivity index (χ4n) is 1.30. The van der Waals surface area contributed by atoms with Crippen LogP contribution in [0.1, 0.15) is 24.9 Å². The highest BCUT2D eigenvalue weighted by Crippen LogP contribution is 2.38. The van der Waals surface area contributed by atoms with Gasteiger partial charge in [-0.15, -0.1) is 12.4 Å². The summed E-state index contributed by atoms with van der Waals surface area (Å²) in [7, 11) is 1.54. The number of ether oxygens (including phenoxy) is 1. The minimum absolute atomic E-state index is 0. The van der Waals surface area contributed by atoms with E-state index >= 15 is 0 Å². The molecule has 15 heavy (non-hydrogen) atoms. The molecule has 0 bridgehead atoms. The number of hydrogen-bond acceptors (Lipinski definition) is 3. The molecule has 1 rings (SSSR count). The van der Waals surface area contributed by atoms with Crippen molar-refractivity contribution in [1.82, 2.24) is 0 Å². The van der Waals surface area contributed by atoms with Crippen molar-refractivity contribution in [1.29, 1.82) is 0 Å². The van der Waals surface area contributed by atoms with E-state index in [0.29, 0.717) is 22.8 Å². The van der Waals surface area contributed by atoms with Gasteiger partial charge in [-0.2, -0.15) is 0 Å². The minimum Gasteiger partial charge on any atom is -0.506 e. The molecule has 0 amide bonds. The van der Waals surface area contributed by atoms with Gasteiger partial charge in [-0.05, 0) is 18.6 Å². The van der Waals surface area contributed by atoms with Gasteiger partial charge in [0.15, 0.2) is 0 Å². The number of phenols is 1. The van der Waals surface area contributed by atoms with Crippen LogP contribution in [0.4, 0.5) is 0 Å². The molecule has 1 atom stereocenters. The van der Waals surface area contributed by atoms with Crippen molar-refractivity contribution in [3.05, 3.63) is 22.7 Å². The van der Waals surface area contributed by atoms with E-state index in [1.807, 2.05) is 6.92 Å². The van der Waals surface area contributed by atoms with Crippen LogP contribution in [0.15, 0.2) is 12.1 Å². The van der Waals surface area contributed by atoms with E-state index in [1.165, 1.54) is 7.11 Å². The lowest BCUT2D eigenvalue weighted by molar-refractivity contribution is 0.392. The lowest BCUT2D eigenvalue weighted by atomic mass is 10.0. The summed E-state index contributed by atoms with van der Waals surface area (Å²) in [5, 5.41) is 10.0. The van der Waals surface area contributed by atoms with E-state index in [4.69, 9.17) is 22.1 Å². The Labute approximate surface area is 101 Å². The summed E-state index contributed by atoms with van der Waals surface area (Å²) in [5.41, 5.74) is 6.41. The summed E-state index contributed by atoms with van der Waals surface area (Å²) in [4.78, 5) is 0. The molecule has 1 aromatic carbocycles. The Kier molecular flexibility index (Phi) is 5.80. The van der Waals surface area contributed by atoms with Crippen molar-refractivity contribution in [2.75, 3.05) is 7.11 Å². The molecule has 0 saturated carbocycles. The van der Waals surface area contributed by atoms with Crippen molar-refractivity contribution in [2.24, 2.45) is 5.73 Å². The maximum Gasteiger partial charge on any atom is 0.142 e. The number of halogens is 2. The van der Waals surface area contributed by atoms with E-state index in [1.54, 1.807) is 12.1 Å². The summed E-state index contributed by atoms with van der Waals surface area (Å²) in [6.07, 6.45) is 0.713. The van der Waals surface area contributed by atoms with Crippen LogP contribution in [0.2, 0.25) is 5.02 Å². The zero-order valence-corrected chi connectivity index (χ0v) is 10.2. The Morgan fingerprint density at radius 3 is 2.60 bits per heavy atom. The fourth-order valence-corrected chi connectivity index (χ4v) is 1.47. The molecule has 1 aromatic rings. The van der Waals surface area contributed by atoms with Crippen LogP contribution in [0.5, 0.6) is 11.5 Å². The molecule has 0 radical (unpaired) electrons. The van der Waals surface area contributed by atoms with Gasteiger partial charge < -0.3 is 15.6 Å². The smallest absolute Gasteiger partial charge is 0.142 e. The quantitative estimate of drug-likeness (QED) is 0.869. The third-order valence-corrected chi connectivity index (χ3v) is 2.46. The van der Waals surface area contributed by atoms with E-state index < -0.39 is 0 Å². The summed E-state index contributed by atoms with van der Waals surface area (Å²) in [5.74, 6) is 0.585. The fraction of sp³-hybridized carbons (Fsp3) is 0.400. The maximum absolute atomic E-state index is 9.72. The second kappa shape index (κ2) is 6.05. The van der Waals surface area contributed by atoms with Crippen molar-refractivity contribution < 1.29 is 9.84 Å². The van der Waals surface area contributed by atoms with Crippen LogP contribution in [-0.4, -0.2) is 12.2 Å². The Balaban J connectivity index is 0.00000196. The number of benzene rings is 1. The molecular weight excluding hydrogens is 237 g/mol. The van der Waals surface area contributed by atoms with Gasteiger partial charge in [0.25, 0.3) is 0 Å². The topological polar surface area (TPSA) is 55.5 Å². The van der Waals surface area contributed by atoms with Crippen molar-refractivity contribution in [2.45, 2.75) is 19.4 Å². The normalized spacial score (nSPS) is 11.7. The van der Waals surface area contributed by atoms with Gasteiger partial charge in [0.1, 0.15) is 11.5 Å². The summed E-state index contributed by atoms with van der Waals surface area (Å²) >= 11 is 5.78. The summed E-state index contributed by atoms with van der Waals surface area (Å²) < 4.78 is 5.11. The molecule has 0 saturated heterocycles. The van der Waals surface area contributed by atoms with Crippen LogP contribution in [0, 0.1) is 0 Å². The molecule has 0 aromatic heterocycles. The molecule has 0 aliphatic rings. The van der Waals surface area contributed by atoms with Gasteiger partial charge in [-0.3, -0.25) is 0 Å². The predicted octanol–water partition coefficient (Wildman–Crippen LogP) is 2.89. The van der Waals surface area contributed by atoms with Gasteiger partial charge in [0.05, 0.1) is 17.7 Å². The lowest BCUT2D eigenvalue weighted by Gasteiger charge is -2.16. The number of nitrogens with two attached hydrogens (primary N) is 1. The molecule has 0 aliphatic heterocycles. The second-order valence-corrected chi connectivity index (χ2v) is 3.43. The Morgan fingerprint density at radius 1 is 1.53 bits per heavy atom. The van der Waals surface area contributed by atoms with Crippen LogP contribution < -0.4 is 10.5 Å². The molecule has 86 valence electrons. The SMILES string of the molecule is CC[C@@H](N)c1c(OC)ccc(Cl)c1O.Cl. The molecule has 0 heterocycles. The molecule has 0 fully saturated rings. The van der Waals surface area contributed by atoms with Gasteiger partial charge in [0, 0.05) is 6.04 Å². The third kappa shape index (κ3) is 2.91. The molecular formula is C10H15Cl2NO2. The highest BCUT2D eigenvalue weighted by molar-refractivity contribution is 6.32. The highest BCUT2D eigenvalue weighted by Gasteiger charge is 2.17. The standard InChI is InChI=1S/C10H14ClNO2.ClH/c1-3-7(12)9-8(14-2)5-4-6(11)10(9)13;/h4-5,7,13H,3,12H2,1-2H3;1H/t7-;/m1./s1. The van der Waals surface area contributed by atoms with Gasteiger partial charge in [-0.1, -0.05) is 18.5 Å². The average molecular weight is 252 g/mol. The lowest BCUT2D eigenvalue weighted by Crippen LogP contribution is -2.10. The van der Waals surface area contributed by atoms with Crippen LogP contribution >= 0.6 is 24.0 Å². The largest absolute Gasteiger partial charge is 0.506 e. The van der Waals surface area contributed by atoms with E-state index in [-0.39, 0.29) is 24.2 Å². The van der Waals surface area contributed by atoms with Crippen LogP contribution in [-0.2, 0) is 0 Å². The molecule has 0 spiro atoms. The molecule has 3 N–H and O–H groups in total. The molecule has 5 heteroatoms. The Bertz CT molecular complexity index is 331. The van der Waals surface area contributed by atoms with Gasteiger partial charge in [-0.25, -0.2) is 0 Å². The zero-order valence-electron chi connectivity index (χ0n) is 8.66. The first-order valence-electron chi connectivity index (χ1n) is 4.42. The number of rotatable bonds is 3. The summed E-state index contributed by atoms with van der Waals surface area (Å²) in [6.45, 7) is 1.93. The molecule has 0 unspecified atom stereocenters. The first-order chi connectivity index (χ1) is 6.61. The van der Waals surface area contributed by atoms with E-state index in [9.17, 15) is 5.11 Å². The third-order valence-electron chi connectivity index (χ3n) is 2.16. The number of phenolic OH excluding ortho intramolecular Hbond substituents is 1. The van der Waals surface area contributed by atoms with Crippen molar-refractivity contribution in [3.63, 3.8) is 0 Å². The maximum atomic E-state index is 9.72. The summed E-state index contributed by atoms with van der Waals surface area (Å²) in [6, 6.07) is 3.03.